The van der Waals surface area contributed by atoms with Crippen LogP contribution in [0.1, 0.15) is 17.9 Å². The van der Waals surface area contributed by atoms with Gasteiger partial charge in [0.15, 0.2) is 0 Å². The topological polar surface area (TPSA) is 52.2 Å². The van der Waals surface area contributed by atoms with Crippen molar-refractivity contribution in [2.75, 3.05) is 5.32 Å². The van der Waals surface area contributed by atoms with Crippen LogP contribution < -0.4 is 10.4 Å². The van der Waals surface area contributed by atoms with E-state index in [9.17, 15) is 9.90 Å². The molecule has 1 aliphatic heterocycles. The van der Waals surface area contributed by atoms with Gasteiger partial charge in [0.05, 0.1) is 22.7 Å². The summed E-state index contributed by atoms with van der Waals surface area (Å²) >= 11 is 12.1. The first-order valence-corrected chi connectivity index (χ1v) is 6.46. The lowest BCUT2D eigenvalue weighted by atomic mass is 9.79. The Balaban J connectivity index is 2.14. The second-order valence-electron chi connectivity index (χ2n) is 4.65. The Kier molecular flexibility index (Phi) is 2.76. The number of hydrogen-bond donors (Lipinski definition) is 1. The molecule has 1 N–H and O–H groups in total. The Morgan fingerprint density at radius 1 is 1.39 bits per heavy atom. The van der Waals surface area contributed by atoms with Crippen molar-refractivity contribution in [3.05, 3.63) is 39.9 Å². The Morgan fingerprint density at radius 2 is 2.17 bits per heavy atom. The standard InChI is InChI=1S/C13H11Cl2NO2/c14-6-4-9-7-2-1-3-8(7)12(13(17)18)16-11(9)10(15)5-6/h1-2,4-5,7-8,12,16H,3H2,(H,17,18)/p-1/t7-,8+,12-/m0/s1. The van der Waals surface area contributed by atoms with Gasteiger partial charge in [-0.15, -0.1) is 0 Å². The summed E-state index contributed by atoms with van der Waals surface area (Å²) in [6.45, 7) is 0. The minimum atomic E-state index is -1.09. The van der Waals surface area contributed by atoms with Gasteiger partial charge in [-0.05, 0) is 30.0 Å². The first kappa shape index (κ1) is 11.9. The van der Waals surface area contributed by atoms with E-state index in [2.05, 4.69) is 5.32 Å². The molecular weight excluding hydrogens is 273 g/mol. The SMILES string of the molecule is O=C([O-])[C@H]1Nc2c(Cl)cc(Cl)cc2[C@H]2C=CC[C@@H]12. The molecule has 0 saturated carbocycles. The summed E-state index contributed by atoms with van der Waals surface area (Å²) in [5.41, 5.74) is 1.62. The van der Waals surface area contributed by atoms with E-state index >= 15 is 0 Å². The van der Waals surface area contributed by atoms with Gasteiger partial charge in [0, 0.05) is 10.9 Å². The van der Waals surface area contributed by atoms with Crippen LogP contribution in [0.5, 0.6) is 0 Å². The third-order valence-electron chi connectivity index (χ3n) is 3.64. The van der Waals surface area contributed by atoms with Crippen LogP contribution in [0, 0.1) is 5.92 Å². The number of aliphatic carboxylic acids is 1. The third kappa shape index (κ3) is 1.70. The largest absolute Gasteiger partial charge is 0.548 e. The van der Waals surface area contributed by atoms with Gasteiger partial charge in [0.2, 0.25) is 0 Å². The number of anilines is 1. The van der Waals surface area contributed by atoms with E-state index in [1.54, 1.807) is 6.07 Å². The molecule has 2 aliphatic rings. The van der Waals surface area contributed by atoms with Crippen LogP contribution in [0.15, 0.2) is 24.3 Å². The fourth-order valence-corrected chi connectivity index (χ4v) is 3.42. The molecule has 5 heteroatoms. The van der Waals surface area contributed by atoms with Gasteiger partial charge in [-0.1, -0.05) is 35.4 Å². The van der Waals surface area contributed by atoms with E-state index in [0.717, 1.165) is 12.0 Å². The molecule has 0 saturated heterocycles. The number of benzene rings is 1. The lowest BCUT2D eigenvalue weighted by molar-refractivity contribution is -0.308. The zero-order chi connectivity index (χ0) is 12.9. The maximum Gasteiger partial charge on any atom is 0.0699 e. The van der Waals surface area contributed by atoms with Gasteiger partial charge in [-0.25, -0.2) is 0 Å². The van der Waals surface area contributed by atoms with Crippen LogP contribution in [0.3, 0.4) is 0 Å². The summed E-state index contributed by atoms with van der Waals surface area (Å²) in [6.07, 6.45) is 4.74. The minimum Gasteiger partial charge on any atom is -0.548 e. The Labute approximate surface area is 114 Å². The van der Waals surface area contributed by atoms with Crippen molar-refractivity contribution < 1.29 is 9.90 Å². The number of hydrogen-bond acceptors (Lipinski definition) is 3. The van der Waals surface area contributed by atoms with Crippen molar-refractivity contribution in [3.8, 4) is 0 Å². The lowest BCUT2D eigenvalue weighted by Crippen LogP contribution is -2.48. The summed E-state index contributed by atoms with van der Waals surface area (Å²) in [7, 11) is 0. The summed E-state index contributed by atoms with van der Waals surface area (Å²) in [4.78, 5) is 11.2. The Hall–Kier alpha value is -1.19. The van der Waals surface area contributed by atoms with Crippen molar-refractivity contribution >= 4 is 34.9 Å². The molecule has 3 rings (SSSR count). The fourth-order valence-electron chi connectivity index (χ4n) is 2.85. The molecule has 0 spiro atoms. The van der Waals surface area contributed by atoms with Crippen LogP contribution in [0.4, 0.5) is 5.69 Å². The zero-order valence-electron chi connectivity index (χ0n) is 9.32. The monoisotopic (exact) mass is 282 g/mol. The van der Waals surface area contributed by atoms with Crippen LogP contribution in [0.25, 0.3) is 0 Å². The number of carboxylic acid groups (broad SMARTS) is 1. The molecule has 0 radical (unpaired) electrons. The van der Waals surface area contributed by atoms with Gasteiger partial charge in [-0.3, -0.25) is 0 Å². The zero-order valence-corrected chi connectivity index (χ0v) is 10.8. The molecule has 3 nitrogen and oxygen atoms in total. The maximum atomic E-state index is 11.2. The maximum absolute atomic E-state index is 11.2. The molecule has 3 atom stereocenters. The van der Waals surface area contributed by atoms with Crippen LogP contribution in [-0.4, -0.2) is 12.0 Å². The molecule has 1 aliphatic carbocycles. The van der Waals surface area contributed by atoms with Crippen molar-refractivity contribution in [1.82, 2.24) is 0 Å². The second kappa shape index (κ2) is 4.18. The van der Waals surface area contributed by atoms with E-state index in [-0.39, 0.29) is 11.8 Å². The summed E-state index contributed by atoms with van der Waals surface area (Å²) in [5, 5.41) is 15.2. The van der Waals surface area contributed by atoms with E-state index in [1.165, 1.54) is 0 Å². The number of nitrogens with one attached hydrogen (secondary N) is 1. The molecule has 18 heavy (non-hydrogen) atoms. The molecule has 0 unspecified atom stereocenters. The van der Waals surface area contributed by atoms with Crippen LogP contribution >= 0.6 is 23.2 Å². The van der Waals surface area contributed by atoms with Crippen molar-refractivity contribution in [2.24, 2.45) is 5.92 Å². The van der Waals surface area contributed by atoms with E-state index in [0.29, 0.717) is 15.7 Å². The average molecular weight is 283 g/mol. The number of carbonyl (C=O) groups excluding carboxylic acids is 1. The summed E-state index contributed by atoms with van der Waals surface area (Å²) in [6, 6.07) is 2.74. The van der Waals surface area contributed by atoms with Crippen molar-refractivity contribution in [2.45, 2.75) is 18.4 Å². The fraction of sp³-hybridized carbons (Fsp3) is 0.308. The van der Waals surface area contributed by atoms with Crippen molar-refractivity contribution in [1.29, 1.82) is 0 Å². The number of allylic oxidation sites excluding steroid dienone is 2. The lowest BCUT2D eigenvalue weighted by Gasteiger charge is -2.38. The molecule has 0 amide bonds. The first-order chi connectivity index (χ1) is 8.58. The number of fused-ring (bicyclic) bond motifs is 3. The molecule has 94 valence electrons. The molecule has 0 fully saturated rings. The number of carbonyl (C=O) groups is 1. The minimum absolute atomic E-state index is 0.0305. The molecule has 1 heterocycles. The van der Waals surface area contributed by atoms with Gasteiger partial charge >= 0.3 is 0 Å². The van der Waals surface area contributed by atoms with E-state index < -0.39 is 12.0 Å². The van der Waals surface area contributed by atoms with Gasteiger partial charge in [0.25, 0.3) is 0 Å². The Morgan fingerprint density at radius 3 is 2.89 bits per heavy atom. The second-order valence-corrected chi connectivity index (χ2v) is 5.49. The van der Waals surface area contributed by atoms with Crippen molar-refractivity contribution in [3.63, 3.8) is 0 Å². The molecule has 0 aromatic heterocycles. The van der Waals surface area contributed by atoms with Crippen LogP contribution in [-0.2, 0) is 4.79 Å². The quantitative estimate of drug-likeness (QED) is 0.804. The number of halogens is 2. The Bertz CT molecular complexity index is 556. The smallest absolute Gasteiger partial charge is 0.0699 e. The number of rotatable bonds is 1. The van der Waals surface area contributed by atoms with Gasteiger partial charge < -0.3 is 15.2 Å². The van der Waals surface area contributed by atoms with E-state index in [4.69, 9.17) is 23.2 Å². The molecule has 1 aromatic carbocycles. The summed E-state index contributed by atoms with van der Waals surface area (Å²) < 4.78 is 0. The highest BCUT2D eigenvalue weighted by Gasteiger charge is 2.38. The van der Waals surface area contributed by atoms with Gasteiger partial charge in [-0.2, -0.15) is 0 Å². The summed E-state index contributed by atoms with van der Waals surface area (Å²) in [5.74, 6) is -1.08. The first-order valence-electron chi connectivity index (χ1n) is 5.71. The third-order valence-corrected chi connectivity index (χ3v) is 4.16. The molecular formula is C13H10Cl2NO2-. The highest BCUT2D eigenvalue weighted by molar-refractivity contribution is 6.36. The van der Waals surface area contributed by atoms with Crippen LogP contribution in [0.2, 0.25) is 10.0 Å². The number of carboxylic acids is 1. The average Bonchev–Trinajstić information content (AvgIpc) is 2.76. The highest BCUT2D eigenvalue weighted by atomic mass is 35.5. The van der Waals surface area contributed by atoms with E-state index in [1.807, 2.05) is 18.2 Å². The molecule has 1 aromatic rings. The molecule has 0 bridgehead atoms. The normalized spacial score (nSPS) is 28.4. The predicted octanol–water partition coefficient (Wildman–Crippen LogP) is 2.20. The van der Waals surface area contributed by atoms with Gasteiger partial charge in [0.1, 0.15) is 0 Å². The predicted molar refractivity (Wildman–Crippen MR) is 68.9 cm³/mol. The highest BCUT2D eigenvalue weighted by Crippen LogP contribution is 2.47.